The molecule has 2 aromatic carbocycles. The summed E-state index contributed by atoms with van der Waals surface area (Å²) in [6, 6.07) is 16.5. The zero-order valence-corrected chi connectivity index (χ0v) is 16.4. The Hall–Kier alpha value is -2.82. The first kappa shape index (κ1) is 20.5. The number of nitrogens with zero attached hydrogens (tertiary/aromatic N) is 1. The predicted octanol–water partition coefficient (Wildman–Crippen LogP) is 3.32. The Balaban J connectivity index is 2.14. The van der Waals surface area contributed by atoms with Crippen LogP contribution < -0.4 is 10.1 Å². The van der Waals surface area contributed by atoms with E-state index in [0.717, 1.165) is 11.1 Å². The maximum Gasteiger partial charge on any atom is 0.261 e. The highest BCUT2D eigenvalue weighted by atomic mass is 16.5. The van der Waals surface area contributed by atoms with Crippen LogP contribution in [0.5, 0.6) is 5.75 Å². The average molecular weight is 368 g/mol. The van der Waals surface area contributed by atoms with Crippen molar-refractivity contribution in [2.24, 2.45) is 0 Å². The van der Waals surface area contributed by atoms with E-state index in [9.17, 15) is 9.59 Å². The second-order valence-corrected chi connectivity index (χ2v) is 6.95. The van der Waals surface area contributed by atoms with Crippen molar-refractivity contribution >= 4 is 11.8 Å². The zero-order chi connectivity index (χ0) is 19.8. The van der Waals surface area contributed by atoms with Crippen LogP contribution in [0, 0.1) is 6.92 Å². The van der Waals surface area contributed by atoms with E-state index >= 15 is 0 Å². The van der Waals surface area contributed by atoms with E-state index in [1.165, 1.54) is 0 Å². The Morgan fingerprint density at radius 1 is 1.04 bits per heavy atom. The highest BCUT2D eigenvalue weighted by Gasteiger charge is 2.26. The fourth-order valence-corrected chi connectivity index (χ4v) is 2.74. The Labute approximate surface area is 161 Å². The molecule has 0 fully saturated rings. The second-order valence-electron chi connectivity index (χ2n) is 6.95. The number of benzene rings is 2. The van der Waals surface area contributed by atoms with Crippen molar-refractivity contribution in [3.05, 3.63) is 65.7 Å². The van der Waals surface area contributed by atoms with Crippen LogP contribution in [0.25, 0.3) is 0 Å². The molecule has 2 rings (SSSR count). The fraction of sp³-hybridized carbons (Fsp3) is 0.364. The third-order valence-electron chi connectivity index (χ3n) is 4.14. The molecule has 1 N–H and O–H groups in total. The highest BCUT2D eigenvalue weighted by molar-refractivity contribution is 5.88. The third-order valence-corrected chi connectivity index (χ3v) is 4.14. The van der Waals surface area contributed by atoms with Crippen LogP contribution >= 0.6 is 0 Å². The van der Waals surface area contributed by atoms with Crippen molar-refractivity contribution in [3.8, 4) is 5.75 Å². The number of hydrogen-bond donors (Lipinski definition) is 1. The number of ether oxygens (including phenoxy) is 1. The van der Waals surface area contributed by atoms with Crippen molar-refractivity contribution in [2.45, 2.75) is 46.3 Å². The minimum atomic E-state index is -0.597. The van der Waals surface area contributed by atoms with E-state index in [1.807, 2.05) is 63.2 Å². The van der Waals surface area contributed by atoms with Gasteiger partial charge >= 0.3 is 0 Å². The summed E-state index contributed by atoms with van der Waals surface area (Å²) in [7, 11) is 0. The van der Waals surface area contributed by atoms with Crippen molar-refractivity contribution in [1.82, 2.24) is 10.2 Å². The summed E-state index contributed by atoms with van der Waals surface area (Å²) >= 11 is 0. The molecule has 0 spiro atoms. The first-order valence-corrected chi connectivity index (χ1v) is 9.20. The monoisotopic (exact) mass is 368 g/mol. The molecule has 0 heterocycles. The summed E-state index contributed by atoms with van der Waals surface area (Å²) in [6.45, 7) is 7.78. The summed E-state index contributed by atoms with van der Waals surface area (Å²) < 4.78 is 5.60. The molecule has 0 aliphatic rings. The molecule has 5 nitrogen and oxygen atoms in total. The molecule has 0 unspecified atom stereocenters. The van der Waals surface area contributed by atoms with Gasteiger partial charge in [-0.25, -0.2) is 0 Å². The average Bonchev–Trinajstić information content (AvgIpc) is 2.64. The van der Waals surface area contributed by atoms with Gasteiger partial charge in [0.1, 0.15) is 11.8 Å². The van der Waals surface area contributed by atoms with Gasteiger partial charge < -0.3 is 15.0 Å². The number of para-hydroxylation sites is 1. The quantitative estimate of drug-likeness (QED) is 0.778. The number of carbonyl (C=O) groups is 2. The van der Waals surface area contributed by atoms with Crippen molar-refractivity contribution in [3.63, 3.8) is 0 Å². The van der Waals surface area contributed by atoms with Crippen LogP contribution in [0.3, 0.4) is 0 Å². The third kappa shape index (κ3) is 6.44. The standard InChI is InChI=1S/C22H28N2O3/c1-16(2)23-22(26)18(4)24(14-19-10-8-9-17(3)13-19)21(25)15-27-20-11-6-5-7-12-20/h5-13,16,18H,14-15H2,1-4H3,(H,23,26)/t18-/m0/s1. The van der Waals surface area contributed by atoms with Crippen molar-refractivity contribution < 1.29 is 14.3 Å². The predicted molar refractivity (Wildman–Crippen MR) is 106 cm³/mol. The van der Waals surface area contributed by atoms with Gasteiger partial charge in [-0.2, -0.15) is 0 Å². The lowest BCUT2D eigenvalue weighted by Gasteiger charge is -2.29. The Morgan fingerprint density at radius 3 is 2.37 bits per heavy atom. The first-order chi connectivity index (χ1) is 12.9. The molecule has 0 aromatic heterocycles. The van der Waals surface area contributed by atoms with Gasteiger partial charge in [0.25, 0.3) is 5.91 Å². The van der Waals surface area contributed by atoms with Crippen LogP contribution in [0.4, 0.5) is 0 Å². The lowest BCUT2D eigenvalue weighted by molar-refractivity contribution is -0.142. The van der Waals surface area contributed by atoms with Crippen LogP contribution in [-0.4, -0.2) is 35.4 Å². The molecule has 0 aliphatic carbocycles. The molecular formula is C22H28N2O3. The smallest absolute Gasteiger partial charge is 0.261 e. The van der Waals surface area contributed by atoms with Gasteiger partial charge in [-0.1, -0.05) is 48.0 Å². The topological polar surface area (TPSA) is 58.6 Å². The van der Waals surface area contributed by atoms with Gasteiger partial charge in [0.2, 0.25) is 5.91 Å². The number of amides is 2. The molecule has 5 heteroatoms. The van der Waals surface area contributed by atoms with Gasteiger partial charge in [-0.05, 0) is 45.4 Å². The minimum absolute atomic E-state index is 0.0106. The maximum absolute atomic E-state index is 12.9. The SMILES string of the molecule is Cc1cccc(CN(C(=O)COc2ccccc2)[C@@H](C)C(=O)NC(C)C)c1. The van der Waals surface area contributed by atoms with Gasteiger partial charge in [0.15, 0.2) is 6.61 Å². The van der Waals surface area contributed by atoms with Crippen LogP contribution in [0.2, 0.25) is 0 Å². The van der Waals surface area contributed by atoms with Crippen LogP contribution in [0.15, 0.2) is 54.6 Å². The molecule has 1 atom stereocenters. The van der Waals surface area contributed by atoms with E-state index in [0.29, 0.717) is 12.3 Å². The van der Waals surface area contributed by atoms with Crippen LogP contribution in [0.1, 0.15) is 31.9 Å². The summed E-state index contributed by atoms with van der Waals surface area (Å²) in [5.74, 6) is 0.220. The van der Waals surface area contributed by atoms with E-state index in [4.69, 9.17) is 4.74 Å². The normalized spacial score (nSPS) is 11.7. The molecule has 0 saturated carbocycles. The lowest BCUT2D eigenvalue weighted by atomic mass is 10.1. The lowest BCUT2D eigenvalue weighted by Crippen LogP contribution is -2.50. The molecular weight excluding hydrogens is 340 g/mol. The van der Waals surface area contributed by atoms with Crippen LogP contribution in [-0.2, 0) is 16.1 Å². The van der Waals surface area contributed by atoms with E-state index in [2.05, 4.69) is 5.32 Å². The first-order valence-electron chi connectivity index (χ1n) is 9.20. The Kier molecular flexibility index (Phi) is 7.41. The van der Waals surface area contributed by atoms with E-state index in [1.54, 1.807) is 24.0 Å². The highest BCUT2D eigenvalue weighted by Crippen LogP contribution is 2.13. The molecule has 0 saturated heterocycles. The summed E-state index contributed by atoms with van der Waals surface area (Å²) in [5.41, 5.74) is 2.09. The number of hydrogen-bond acceptors (Lipinski definition) is 3. The van der Waals surface area contributed by atoms with Gasteiger partial charge in [-0.3, -0.25) is 9.59 Å². The summed E-state index contributed by atoms with van der Waals surface area (Å²) in [4.78, 5) is 26.9. The minimum Gasteiger partial charge on any atom is -0.484 e. The molecule has 27 heavy (non-hydrogen) atoms. The molecule has 2 aromatic rings. The Bertz CT molecular complexity index is 759. The molecule has 0 bridgehead atoms. The Morgan fingerprint density at radius 2 is 1.74 bits per heavy atom. The van der Waals surface area contributed by atoms with Gasteiger partial charge in [0, 0.05) is 12.6 Å². The summed E-state index contributed by atoms with van der Waals surface area (Å²) in [5, 5.41) is 2.88. The van der Waals surface area contributed by atoms with E-state index in [-0.39, 0.29) is 24.5 Å². The molecule has 0 aliphatic heterocycles. The maximum atomic E-state index is 12.9. The second kappa shape index (κ2) is 9.76. The molecule has 144 valence electrons. The largest absolute Gasteiger partial charge is 0.484 e. The summed E-state index contributed by atoms with van der Waals surface area (Å²) in [6.07, 6.45) is 0. The molecule has 2 amide bonds. The van der Waals surface area contributed by atoms with E-state index < -0.39 is 6.04 Å². The number of carbonyl (C=O) groups excluding carboxylic acids is 2. The number of aryl methyl sites for hydroxylation is 1. The fourth-order valence-electron chi connectivity index (χ4n) is 2.74. The van der Waals surface area contributed by atoms with Gasteiger partial charge in [-0.15, -0.1) is 0 Å². The zero-order valence-electron chi connectivity index (χ0n) is 16.4. The number of rotatable bonds is 8. The van der Waals surface area contributed by atoms with Gasteiger partial charge in [0.05, 0.1) is 0 Å². The molecule has 0 radical (unpaired) electrons. The number of nitrogens with one attached hydrogen (secondary N) is 1. The van der Waals surface area contributed by atoms with Crippen molar-refractivity contribution in [2.75, 3.05) is 6.61 Å². The van der Waals surface area contributed by atoms with Crippen molar-refractivity contribution in [1.29, 1.82) is 0 Å².